The van der Waals surface area contributed by atoms with Gasteiger partial charge in [-0.25, -0.2) is 0 Å². The Labute approximate surface area is 88.0 Å². The second kappa shape index (κ2) is 6.38. The van der Waals surface area contributed by atoms with Crippen LogP contribution in [0.5, 0.6) is 0 Å². The van der Waals surface area contributed by atoms with Gasteiger partial charge in [-0.3, -0.25) is 4.90 Å². The molecule has 2 unspecified atom stereocenters. The smallest absolute Gasteiger partial charge is 0.0223 e. The number of likely N-dealkylation sites (N-methyl/N-ethyl adjacent to an activating group) is 1. The third-order valence-electron chi connectivity index (χ3n) is 3.02. The molecule has 0 aromatic rings. The highest BCUT2D eigenvalue weighted by Crippen LogP contribution is 2.22. The molecule has 3 heteroatoms. The van der Waals surface area contributed by atoms with Crippen molar-refractivity contribution in [2.45, 2.75) is 32.7 Å². The first-order chi connectivity index (χ1) is 6.77. The highest BCUT2D eigenvalue weighted by Gasteiger charge is 2.28. The van der Waals surface area contributed by atoms with E-state index in [9.17, 15) is 0 Å². The molecule has 0 aliphatic carbocycles. The van der Waals surface area contributed by atoms with Crippen LogP contribution in [-0.4, -0.2) is 43.7 Å². The van der Waals surface area contributed by atoms with Gasteiger partial charge in [-0.1, -0.05) is 13.8 Å². The molecule has 2 atom stereocenters. The lowest BCUT2D eigenvalue weighted by molar-refractivity contribution is 0.244. The molecule has 0 aromatic carbocycles. The summed E-state index contributed by atoms with van der Waals surface area (Å²) in [5, 5.41) is 3.44. The lowest BCUT2D eigenvalue weighted by atomic mass is 10.1. The van der Waals surface area contributed by atoms with Crippen molar-refractivity contribution < 1.29 is 0 Å². The fourth-order valence-corrected chi connectivity index (χ4v) is 2.33. The van der Waals surface area contributed by atoms with Crippen LogP contribution < -0.4 is 11.1 Å². The molecule has 3 N–H and O–H groups in total. The summed E-state index contributed by atoms with van der Waals surface area (Å²) in [7, 11) is 0. The number of hydrogen-bond donors (Lipinski definition) is 2. The van der Waals surface area contributed by atoms with Gasteiger partial charge in [0.25, 0.3) is 0 Å². The minimum atomic E-state index is 0.747. The fraction of sp³-hybridized carbons (Fsp3) is 1.00. The van der Waals surface area contributed by atoms with E-state index in [0.717, 1.165) is 38.0 Å². The highest BCUT2D eigenvalue weighted by molar-refractivity contribution is 4.84. The largest absolute Gasteiger partial charge is 0.330 e. The highest BCUT2D eigenvalue weighted by atomic mass is 15.2. The quantitative estimate of drug-likeness (QED) is 0.660. The van der Waals surface area contributed by atoms with Gasteiger partial charge in [0.1, 0.15) is 0 Å². The molecule has 1 aliphatic heterocycles. The fourth-order valence-electron chi connectivity index (χ4n) is 2.33. The Bertz CT molecular complexity index is 133. The number of nitrogens with two attached hydrogens (primary N) is 1. The monoisotopic (exact) mass is 199 g/mol. The van der Waals surface area contributed by atoms with Crippen LogP contribution in [0.3, 0.4) is 0 Å². The SMILES string of the molecule is CCNCC1CC(C)CN1CCCN. The standard InChI is InChI=1S/C11H25N3/c1-3-13-8-11-7-10(2)9-14(11)6-4-5-12/h10-11,13H,3-9,12H2,1-2H3. The third-order valence-corrected chi connectivity index (χ3v) is 3.02. The van der Waals surface area contributed by atoms with Crippen molar-refractivity contribution in [1.82, 2.24) is 10.2 Å². The van der Waals surface area contributed by atoms with Crippen molar-refractivity contribution in [2.24, 2.45) is 11.7 Å². The van der Waals surface area contributed by atoms with Crippen LogP contribution in [0.15, 0.2) is 0 Å². The molecule has 1 heterocycles. The Balaban J connectivity index is 2.29. The summed E-state index contributed by atoms with van der Waals surface area (Å²) < 4.78 is 0. The summed E-state index contributed by atoms with van der Waals surface area (Å²) >= 11 is 0. The predicted molar refractivity (Wildman–Crippen MR) is 61.4 cm³/mol. The number of nitrogens with one attached hydrogen (secondary N) is 1. The zero-order valence-electron chi connectivity index (χ0n) is 9.63. The second-order valence-electron chi connectivity index (χ2n) is 4.44. The van der Waals surface area contributed by atoms with Crippen molar-refractivity contribution in [3.05, 3.63) is 0 Å². The summed E-state index contributed by atoms with van der Waals surface area (Å²) in [5.41, 5.74) is 5.54. The molecule has 1 aliphatic rings. The van der Waals surface area contributed by atoms with E-state index >= 15 is 0 Å². The van der Waals surface area contributed by atoms with E-state index in [1.165, 1.54) is 19.5 Å². The Morgan fingerprint density at radius 3 is 2.93 bits per heavy atom. The number of hydrogen-bond acceptors (Lipinski definition) is 3. The molecule has 0 amide bonds. The minimum Gasteiger partial charge on any atom is -0.330 e. The van der Waals surface area contributed by atoms with Crippen molar-refractivity contribution in [3.8, 4) is 0 Å². The van der Waals surface area contributed by atoms with E-state index in [-0.39, 0.29) is 0 Å². The first-order valence-electron chi connectivity index (χ1n) is 5.92. The average Bonchev–Trinajstić information content (AvgIpc) is 2.52. The van der Waals surface area contributed by atoms with Gasteiger partial charge in [-0.15, -0.1) is 0 Å². The molecule has 0 spiro atoms. The maximum Gasteiger partial charge on any atom is 0.0223 e. The summed E-state index contributed by atoms with van der Waals surface area (Å²) in [4.78, 5) is 2.60. The van der Waals surface area contributed by atoms with E-state index in [4.69, 9.17) is 5.73 Å². The first kappa shape index (κ1) is 12.0. The molecule has 1 fully saturated rings. The van der Waals surface area contributed by atoms with Crippen LogP contribution in [0.25, 0.3) is 0 Å². The molecule has 0 radical (unpaired) electrons. The van der Waals surface area contributed by atoms with Crippen LogP contribution in [0.4, 0.5) is 0 Å². The van der Waals surface area contributed by atoms with Gasteiger partial charge in [0.2, 0.25) is 0 Å². The van der Waals surface area contributed by atoms with Crippen molar-refractivity contribution in [3.63, 3.8) is 0 Å². The summed E-state index contributed by atoms with van der Waals surface area (Å²) in [6.07, 6.45) is 2.48. The van der Waals surface area contributed by atoms with Gasteiger partial charge in [0.15, 0.2) is 0 Å². The molecule has 0 saturated carbocycles. The van der Waals surface area contributed by atoms with Crippen molar-refractivity contribution in [1.29, 1.82) is 0 Å². The summed E-state index contributed by atoms with van der Waals surface area (Å²) in [6, 6.07) is 0.747. The zero-order chi connectivity index (χ0) is 10.4. The molecule has 1 saturated heterocycles. The van der Waals surface area contributed by atoms with Crippen LogP contribution in [0.2, 0.25) is 0 Å². The van der Waals surface area contributed by atoms with Gasteiger partial charge in [0, 0.05) is 19.1 Å². The predicted octanol–water partition coefficient (Wildman–Crippen LogP) is 0.655. The zero-order valence-corrected chi connectivity index (χ0v) is 9.63. The molecule has 84 valence electrons. The molecule has 0 bridgehead atoms. The van der Waals surface area contributed by atoms with E-state index in [1.54, 1.807) is 0 Å². The van der Waals surface area contributed by atoms with Crippen LogP contribution in [0, 0.1) is 5.92 Å². The van der Waals surface area contributed by atoms with Crippen molar-refractivity contribution in [2.75, 3.05) is 32.7 Å². The van der Waals surface area contributed by atoms with E-state index < -0.39 is 0 Å². The van der Waals surface area contributed by atoms with Gasteiger partial charge >= 0.3 is 0 Å². The Morgan fingerprint density at radius 1 is 1.50 bits per heavy atom. The number of likely N-dealkylation sites (tertiary alicyclic amines) is 1. The Hall–Kier alpha value is -0.120. The van der Waals surface area contributed by atoms with Crippen LogP contribution in [-0.2, 0) is 0 Å². The van der Waals surface area contributed by atoms with Gasteiger partial charge in [-0.05, 0) is 38.4 Å². The lowest BCUT2D eigenvalue weighted by Crippen LogP contribution is -2.38. The van der Waals surface area contributed by atoms with E-state index in [1.807, 2.05) is 0 Å². The first-order valence-corrected chi connectivity index (χ1v) is 5.92. The third kappa shape index (κ3) is 3.56. The summed E-state index contributed by atoms with van der Waals surface area (Å²) in [6.45, 7) is 10.00. The molecular formula is C11H25N3. The molecular weight excluding hydrogens is 174 g/mol. The van der Waals surface area contributed by atoms with Crippen LogP contribution >= 0.6 is 0 Å². The normalized spacial score (nSPS) is 28.5. The molecule has 3 nitrogen and oxygen atoms in total. The van der Waals surface area contributed by atoms with Crippen LogP contribution in [0.1, 0.15) is 26.7 Å². The lowest BCUT2D eigenvalue weighted by Gasteiger charge is -2.24. The van der Waals surface area contributed by atoms with E-state index in [2.05, 4.69) is 24.1 Å². The van der Waals surface area contributed by atoms with Gasteiger partial charge in [-0.2, -0.15) is 0 Å². The average molecular weight is 199 g/mol. The number of nitrogens with zero attached hydrogens (tertiary/aromatic N) is 1. The van der Waals surface area contributed by atoms with E-state index in [0.29, 0.717) is 0 Å². The Kier molecular flexibility index (Phi) is 5.45. The molecule has 0 aromatic heterocycles. The maximum absolute atomic E-state index is 5.54. The maximum atomic E-state index is 5.54. The molecule has 14 heavy (non-hydrogen) atoms. The number of rotatable bonds is 6. The topological polar surface area (TPSA) is 41.3 Å². The molecule has 1 rings (SSSR count). The summed E-state index contributed by atoms with van der Waals surface area (Å²) in [5.74, 6) is 0.858. The minimum absolute atomic E-state index is 0.747. The Morgan fingerprint density at radius 2 is 2.29 bits per heavy atom. The van der Waals surface area contributed by atoms with Crippen molar-refractivity contribution >= 4 is 0 Å². The van der Waals surface area contributed by atoms with Gasteiger partial charge < -0.3 is 11.1 Å². The second-order valence-corrected chi connectivity index (χ2v) is 4.44. The van der Waals surface area contributed by atoms with Gasteiger partial charge in [0.05, 0.1) is 0 Å².